The molecular weight excluding hydrogens is 288 g/mol. The Balaban J connectivity index is 2.26. The number of pyridine rings is 1. The topological polar surface area (TPSA) is 53.4 Å². The minimum Gasteiger partial charge on any atom is -0.481 e. The van der Waals surface area contributed by atoms with Gasteiger partial charge in [-0.05, 0) is 30.2 Å². The summed E-state index contributed by atoms with van der Waals surface area (Å²) in [7, 11) is 0. The minimum absolute atomic E-state index is 0.0804. The number of hydrogen-bond acceptors (Lipinski definition) is 3. The number of nitrogens with zero attached hydrogens (tertiary/aromatic N) is 2. The maximum absolute atomic E-state index is 10.9. The van der Waals surface area contributed by atoms with Crippen molar-refractivity contribution in [3.05, 3.63) is 58.9 Å². The monoisotopic (exact) mass is 304 g/mol. The highest BCUT2D eigenvalue weighted by Crippen LogP contribution is 2.24. The van der Waals surface area contributed by atoms with Crippen LogP contribution < -0.4 is 4.90 Å². The molecule has 110 valence electrons. The number of carboxylic acids is 1. The van der Waals surface area contributed by atoms with Gasteiger partial charge in [-0.2, -0.15) is 0 Å². The highest BCUT2D eigenvalue weighted by Gasteiger charge is 2.13. The van der Waals surface area contributed by atoms with E-state index in [2.05, 4.69) is 4.98 Å². The van der Waals surface area contributed by atoms with Crippen molar-refractivity contribution in [3.63, 3.8) is 0 Å². The van der Waals surface area contributed by atoms with Gasteiger partial charge in [0.15, 0.2) is 0 Å². The summed E-state index contributed by atoms with van der Waals surface area (Å²) in [6.07, 6.45) is 3.37. The van der Waals surface area contributed by atoms with Gasteiger partial charge in [0.25, 0.3) is 0 Å². The summed E-state index contributed by atoms with van der Waals surface area (Å²) >= 11 is 6.15. The molecule has 0 spiro atoms. The molecule has 4 nitrogen and oxygen atoms in total. The lowest BCUT2D eigenvalue weighted by Crippen LogP contribution is -2.26. The molecule has 0 aliphatic rings. The molecule has 1 aromatic carbocycles. The number of anilines is 1. The summed E-state index contributed by atoms with van der Waals surface area (Å²) in [5.74, 6) is -0.811. The number of aliphatic carboxylic acids is 1. The number of para-hydroxylation sites is 1. The maximum Gasteiger partial charge on any atom is 0.305 e. The van der Waals surface area contributed by atoms with Crippen molar-refractivity contribution in [2.75, 3.05) is 11.4 Å². The van der Waals surface area contributed by atoms with Gasteiger partial charge in [0.1, 0.15) is 0 Å². The van der Waals surface area contributed by atoms with E-state index in [1.165, 1.54) is 0 Å². The molecule has 0 amide bonds. The van der Waals surface area contributed by atoms with Gasteiger partial charge in [-0.1, -0.05) is 29.8 Å². The van der Waals surface area contributed by atoms with Gasteiger partial charge in [0.2, 0.25) is 0 Å². The van der Waals surface area contributed by atoms with Crippen molar-refractivity contribution in [2.24, 2.45) is 0 Å². The summed E-state index contributed by atoms with van der Waals surface area (Å²) in [6.45, 7) is 3.00. The minimum atomic E-state index is -0.811. The number of rotatable bonds is 6. The van der Waals surface area contributed by atoms with Gasteiger partial charge in [-0.15, -0.1) is 0 Å². The number of aromatic nitrogens is 1. The number of carboxylic acid groups (broad SMARTS) is 1. The zero-order valence-corrected chi connectivity index (χ0v) is 12.5. The first-order valence-corrected chi connectivity index (χ1v) is 7.06. The molecule has 0 fully saturated rings. The Morgan fingerprint density at radius 1 is 1.33 bits per heavy atom. The van der Waals surface area contributed by atoms with Crippen LogP contribution in [0.15, 0.2) is 42.7 Å². The summed E-state index contributed by atoms with van der Waals surface area (Å²) in [5.41, 5.74) is 3.06. The van der Waals surface area contributed by atoms with Crippen LogP contribution in [0.5, 0.6) is 0 Å². The number of benzene rings is 1. The van der Waals surface area contributed by atoms with Gasteiger partial charge in [-0.25, -0.2) is 0 Å². The molecule has 0 aliphatic heterocycles. The van der Waals surface area contributed by atoms with Gasteiger partial charge >= 0.3 is 5.97 Å². The van der Waals surface area contributed by atoms with E-state index in [1.54, 1.807) is 12.4 Å². The van der Waals surface area contributed by atoms with Crippen molar-refractivity contribution in [1.29, 1.82) is 0 Å². The van der Waals surface area contributed by atoms with Gasteiger partial charge in [-0.3, -0.25) is 9.78 Å². The molecule has 0 radical (unpaired) electrons. The van der Waals surface area contributed by atoms with Crippen molar-refractivity contribution in [3.8, 4) is 0 Å². The average Bonchev–Trinajstić information content (AvgIpc) is 2.46. The molecule has 2 rings (SSSR count). The molecular formula is C16H17ClN2O2. The lowest BCUT2D eigenvalue weighted by Gasteiger charge is -2.26. The van der Waals surface area contributed by atoms with Crippen LogP contribution in [0, 0.1) is 6.92 Å². The summed E-state index contributed by atoms with van der Waals surface area (Å²) in [4.78, 5) is 16.9. The summed E-state index contributed by atoms with van der Waals surface area (Å²) in [6, 6.07) is 9.77. The van der Waals surface area contributed by atoms with E-state index in [-0.39, 0.29) is 6.42 Å². The molecule has 5 heteroatoms. The lowest BCUT2D eigenvalue weighted by atomic mass is 10.1. The second-order valence-corrected chi connectivity index (χ2v) is 5.23. The summed E-state index contributed by atoms with van der Waals surface area (Å²) < 4.78 is 0. The molecule has 0 aliphatic carbocycles. The molecule has 0 bridgehead atoms. The molecule has 0 atom stereocenters. The first-order chi connectivity index (χ1) is 10.1. The zero-order valence-electron chi connectivity index (χ0n) is 11.8. The van der Waals surface area contributed by atoms with E-state index >= 15 is 0 Å². The van der Waals surface area contributed by atoms with Crippen LogP contribution in [0.25, 0.3) is 0 Å². The van der Waals surface area contributed by atoms with Crippen LogP contribution in [0.4, 0.5) is 5.69 Å². The molecule has 2 aromatic rings. The van der Waals surface area contributed by atoms with E-state index in [9.17, 15) is 4.79 Å². The first-order valence-electron chi connectivity index (χ1n) is 6.68. The number of hydrogen-bond donors (Lipinski definition) is 1. The largest absolute Gasteiger partial charge is 0.481 e. The SMILES string of the molecule is Cc1ccccc1N(CCC(=O)O)Cc1ccncc1Cl. The Kier molecular flexibility index (Phi) is 5.17. The Morgan fingerprint density at radius 3 is 2.76 bits per heavy atom. The van der Waals surface area contributed by atoms with Crippen molar-refractivity contribution < 1.29 is 9.90 Å². The van der Waals surface area contributed by atoms with E-state index in [0.717, 1.165) is 16.8 Å². The van der Waals surface area contributed by atoms with Gasteiger partial charge in [0, 0.05) is 31.2 Å². The lowest BCUT2D eigenvalue weighted by molar-refractivity contribution is -0.136. The smallest absolute Gasteiger partial charge is 0.305 e. The first kappa shape index (κ1) is 15.3. The fourth-order valence-corrected chi connectivity index (χ4v) is 2.35. The molecule has 1 aromatic heterocycles. The molecule has 1 N–H and O–H groups in total. The fourth-order valence-electron chi connectivity index (χ4n) is 2.17. The Bertz CT molecular complexity index is 631. The molecule has 1 heterocycles. The van der Waals surface area contributed by atoms with Crippen LogP contribution in [0.2, 0.25) is 5.02 Å². The van der Waals surface area contributed by atoms with Crippen LogP contribution in [-0.4, -0.2) is 22.6 Å². The second-order valence-electron chi connectivity index (χ2n) is 4.82. The highest BCUT2D eigenvalue weighted by molar-refractivity contribution is 6.31. The highest BCUT2D eigenvalue weighted by atomic mass is 35.5. The predicted octanol–water partition coefficient (Wildman–Crippen LogP) is 3.52. The van der Waals surface area contributed by atoms with Gasteiger partial charge < -0.3 is 10.0 Å². The van der Waals surface area contributed by atoms with Crippen molar-refractivity contribution >= 4 is 23.3 Å². The molecule has 0 unspecified atom stereocenters. The molecule has 0 saturated carbocycles. The van der Waals surface area contributed by atoms with E-state index < -0.39 is 5.97 Å². The van der Waals surface area contributed by atoms with Crippen molar-refractivity contribution in [2.45, 2.75) is 19.9 Å². The standard InChI is InChI=1S/C16H17ClN2O2/c1-12-4-2-3-5-15(12)19(9-7-16(20)21)11-13-6-8-18-10-14(13)17/h2-6,8,10H,7,9,11H2,1H3,(H,20,21). The van der Waals surface area contributed by atoms with E-state index in [1.807, 2.05) is 42.2 Å². The second kappa shape index (κ2) is 7.09. The predicted molar refractivity (Wildman–Crippen MR) is 83.7 cm³/mol. The average molecular weight is 305 g/mol. The van der Waals surface area contributed by atoms with E-state index in [0.29, 0.717) is 18.1 Å². The third-order valence-corrected chi connectivity index (χ3v) is 3.61. The Hall–Kier alpha value is -2.07. The quantitative estimate of drug-likeness (QED) is 0.887. The van der Waals surface area contributed by atoms with Crippen LogP contribution in [0.3, 0.4) is 0 Å². The van der Waals surface area contributed by atoms with Crippen LogP contribution in [-0.2, 0) is 11.3 Å². The zero-order chi connectivity index (χ0) is 15.2. The van der Waals surface area contributed by atoms with Crippen LogP contribution in [0.1, 0.15) is 17.5 Å². The Morgan fingerprint density at radius 2 is 2.10 bits per heavy atom. The fraction of sp³-hybridized carbons (Fsp3) is 0.250. The molecule has 21 heavy (non-hydrogen) atoms. The number of carbonyl (C=O) groups is 1. The third-order valence-electron chi connectivity index (χ3n) is 3.27. The molecule has 0 saturated heterocycles. The Labute approximate surface area is 129 Å². The van der Waals surface area contributed by atoms with Gasteiger partial charge in [0.05, 0.1) is 11.4 Å². The third kappa shape index (κ3) is 4.20. The maximum atomic E-state index is 10.9. The number of halogens is 1. The van der Waals surface area contributed by atoms with Crippen LogP contribution >= 0.6 is 11.6 Å². The normalized spacial score (nSPS) is 10.4. The van der Waals surface area contributed by atoms with E-state index in [4.69, 9.17) is 16.7 Å². The summed E-state index contributed by atoms with van der Waals surface area (Å²) in [5, 5.41) is 9.53. The number of aryl methyl sites for hydroxylation is 1. The van der Waals surface area contributed by atoms with Crippen molar-refractivity contribution in [1.82, 2.24) is 4.98 Å².